The molecular formula is C51H34N4O. The summed E-state index contributed by atoms with van der Waals surface area (Å²) in [5.41, 5.74) is 11.9. The molecule has 5 heteroatoms. The highest BCUT2D eigenvalue weighted by Gasteiger charge is 2.21. The molecule has 0 N–H and O–H groups in total. The van der Waals surface area contributed by atoms with Crippen molar-refractivity contribution in [3.8, 4) is 56.4 Å². The quantitative estimate of drug-likeness (QED) is 0.157. The Bertz CT molecular complexity index is 2870. The molecule has 10 aromatic rings. The van der Waals surface area contributed by atoms with Gasteiger partial charge in [-0.15, -0.1) is 0 Å². The molecule has 0 radical (unpaired) electrons. The summed E-state index contributed by atoms with van der Waals surface area (Å²) in [7, 11) is 0. The third-order valence-corrected chi connectivity index (χ3v) is 10.1. The summed E-state index contributed by atoms with van der Waals surface area (Å²) in [6.45, 7) is 0. The molecule has 0 unspecified atom stereocenters. The molecule has 0 bridgehead atoms. The van der Waals surface area contributed by atoms with E-state index in [1.165, 1.54) is 11.1 Å². The van der Waals surface area contributed by atoms with Gasteiger partial charge in [-0.1, -0.05) is 158 Å². The van der Waals surface area contributed by atoms with Crippen LogP contribution in [0.15, 0.2) is 211 Å². The van der Waals surface area contributed by atoms with Gasteiger partial charge in [-0.05, 0) is 70.8 Å². The molecule has 0 aliphatic rings. The molecule has 0 atom stereocenters. The van der Waals surface area contributed by atoms with Gasteiger partial charge in [-0.3, -0.25) is 0 Å². The standard InChI is InChI=1S/C51H34N4O/c1-5-15-35(16-6-1)36-25-29-41(30-26-36)55(40-21-11-4-12-22-40)42-31-27-37(28-32-42)43-33-34-45(48-47(43)44-23-13-14-24-46(44)56-48)51-53-49(38-17-7-2-8-18-38)52-50(54-51)39-19-9-3-10-20-39/h1-34H. The van der Waals surface area contributed by atoms with Crippen molar-refractivity contribution < 1.29 is 4.42 Å². The minimum Gasteiger partial charge on any atom is -0.455 e. The maximum Gasteiger partial charge on any atom is 0.167 e. The monoisotopic (exact) mass is 718 g/mol. The van der Waals surface area contributed by atoms with Gasteiger partial charge in [0.25, 0.3) is 0 Å². The van der Waals surface area contributed by atoms with E-state index in [0.717, 1.165) is 66.8 Å². The molecule has 2 heterocycles. The SMILES string of the molecule is c1ccc(-c2ccc(N(c3ccccc3)c3ccc(-c4ccc(-c5nc(-c6ccccc6)nc(-c6ccccc6)n5)c5oc6ccccc6c45)cc3)cc2)cc1. The fourth-order valence-electron chi connectivity index (χ4n) is 7.42. The predicted molar refractivity (Wildman–Crippen MR) is 229 cm³/mol. The average Bonchev–Trinajstić information content (AvgIpc) is 3.68. The molecule has 5 nitrogen and oxygen atoms in total. The van der Waals surface area contributed by atoms with Crippen LogP contribution in [0.1, 0.15) is 0 Å². The second-order valence-electron chi connectivity index (χ2n) is 13.6. The minimum absolute atomic E-state index is 0.556. The molecule has 0 saturated heterocycles. The average molecular weight is 719 g/mol. The Balaban J connectivity index is 1.09. The second-order valence-corrected chi connectivity index (χ2v) is 13.6. The van der Waals surface area contributed by atoms with Crippen LogP contribution in [0.2, 0.25) is 0 Å². The van der Waals surface area contributed by atoms with E-state index in [1.54, 1.807) is 0 Å². The third kappa shape index (κ3) is 6.17. The lowest BCUT2D eigenvalue weighted by Gasteiger charge is -2.26. The van der Waals surface area contributed by atoms with E-state index in [0.29, 0.717) is 17.5 Å². The molecule has 10 rings (SSSR count). The summed E-state index contributed by atoms with van der Waals surface area (Å²) in [6, 6.07) is 71.1. The topological polar surface area (TPSA) is 55.1 Å². The normalized spacial score (nSPS) is 11.2. The van der Waals surface area contributed by atoms with Gasteiger partial charge in [-0.25, -0.2) is 15.0 Å². The number of nitrogens with zero attached hydrogens (tertiary/aromatic N) is 4. The van der Waals surface area contributed by atoms with Gasteiger partial charge >= 0.3 is 0 Å². The van der Waals surface area contributed by atoms with E-state index in [2.05, 4.69) is 132 Å². The first-order valence-corrected chi connectivity index (χ1v) is 18.7. The largest absolute Gasteiger partial charge is 0.455 e. The summed E-state index contributed by atoms with van der Waals surface area (Å²) in [6.07, 6.45) is 0. The molecule has 264 valence electrons. The lowest BCUT2D eigenvalue weighted by atomic mass is 9.96. The first kappa shape index (κ1) is 33.0. The maximum absolute atomic E-state index is 6.70. The summed E-state index contributed by atoms with van der Waals surface area (Å²) >= 11 is 0. The van der Waals surface area contributed by atoms with E-state index in [-0.39, 0.29) is 0 Å². The van der Waals surface area contributed by atoms with Gasteiger partial charge in [0.1, 0.15) is 11.2 Å². The van der Waals surface area contributed by atoms with E-state index in [4.69, 9.17) is 19.4 Å². The Morgan fingerprint density at radius 3 is 1.34 bits per heavy atom. The van der Waals surface area contributed by atoms with Crippen molar-refractivity contribution in [3.63, 3.8) is 0 Å². The number of furan rings is 1. The van der Waals surface area contributed by atoms with Crippen LogP contribution in [0.3, 0.4) is 0 Å². The number of benzene rings is 8. The van der Waals surface area contributed by atoms with Gasteiger partial charge in [0.15, 0.2) is 17.5 Å². The predicted octanol–water partition coefficient (Wildman–Crippen LogP) is 13.6. The van der Waals surface area contributed by atoms with Gasteiger partial charge < -0.3 is 9.32 Å². The summed E-state index contributed by atoms with van der Waals surface area (Å²) in [5, 5.41) is 2.05. The number of hydrogen-bond donors (Lipinski definition) is 0. The fourth-order valence-corrected chi connectivity index (χ4v) is 7.42. The van der Waals surface area contributed by atoms with Crippen LogP contribution in [0, 0.1) is 0 Å². The molecule has 0 amide bonds. The Hall–Kier alpha value is -7.63. The second kappa shape index (κ2) is 14.3. The van der Waals surface area contributed by atoms with Crippen LogP contribution >= 0.6 is 0 Å². The Kier molecular flexibility index (Phi) is 8.43. The zero-order chi connectivity index (χ0) is 37.3. The smallest absolute Gasteiger partial charge is 0.167 e. The molecule has 0 aliphatic carbocycles. The third-order valence-electron chi connectivity index (χ3n) is 10.1. The van der Waals surface area contributed by atoms with Gasteiger partial charge in [0.05, 0.1) is 5.56 Å². The molecule has 0 aliphatic heterocycles. The first-order valence-electron chi connectivity index (χ1n) is 18.7. The van der Waals surface area contributed by atoms with E-state index >= 15 is 0 Å². The van der Waals surface area contributed by atoms with Crippen molar-refractivity contribution in [1.29, 1.82) is 0 Å². The van der Waals surface area contributed by atoms with E-state index < -0.39 is 0 Å². The van der Waals surface area contributed by atoms with Gasteiger partial charge in [0, 0.05) is 39.0 Å². The number of para-hydroxylation sites is 2. The van der Waals surface area contributed by atoms with Crippen molar-refractivity contribution in [2.75, 3.05) is 4.90 Å². The van der Waals surface area contributed by atoms with Crippen LogP contribution in [-0.4, -0.2) is 15.0 Å². The number of aromatic nitrogens is 3. The van der Waals surface area contributed by atoms with Crippen molar-refractivity contribution in [2.24, 2.45) is 0 Å². The zero-order valence-electron chi connectivity index (χ0n) is 30.3. The van der Waals surface area contributed by atoms with Crippen molar-refractivity contribution in [3.05, 3.63) is 206 Å². The lowest BCUT2D eigenvalue weighted by molar-refractivity contribution is 0.669. The number of fused-ring (bicyclic) bond motifs is 3. The van der Waals surface area contributed by atoms with Crippen LogP contribution in [0.25, 0.3) is 78.4 Å². The number of rotatable bonds is 8. The highest BCUT2D eigenvalue weighted by Crippen LogP contribution is 2.43. The Morgan fingerprint density at radius 2 is 0.750 bits per heavy atom. The van der Waals surface area contributed by atoms with E-state index in [9.17, 15) is 0 Å². The molecule has 2 aromatic heterocycles. The van der Waals surface area contributed by atoms with Crippen molar-refractivity contribution >= 4 is 39.0 Å². The molecule has 8 aromatic carbocycles. The number of anilines is 3. The van der Waals surface area contributed by atoms with Crippen molar-refractivity contribution in [1.82, 2.24) is 15.0 Å². The Labute approximate surface area is 324 Å². The lowest BCUT2D eigenvalue weighted by Crippen LogP contribution is -2.09. The summed E-state index contributed by atoms with van der Waals surface area (Å²) in [5.74, 6) is 1.77. The highest BCUT2D eigenvalue weighted by molar-refractivity contribution is 6.16. The molecule has 0 spiro atoms. The fraction of sp³-hybridized carbons (Fsp3) is 0. The molecule has 0 fully saturated rings. The molecule has 0 saturated carbocycles. The van der Waals surface area contributed by atoms with Crippen LogP contribution in [0.5, 0.6) is 0 Å². The van der Waals surface area contributed by atoms with Crippen molar-refractivity contribution in [2.45, 2.75) is 0 Å². The first-order chi connectivity index (χ1) is 27.8. The van der Waals surface area contributed by atoms with Crippen LogP contribution in [-0.2, 0) is 0 Å². The Morgan fingerprint density at radius 1 is 0.321 bits per heavy atom. The van der Waals surface area contributed by atoms with Gasteiger partial charge in [0.2, 0.25) is 0 Å². The van der Waals surface area contributed by atoms with Crippen LogP contribution in [0.4, 0.5) is 17.1 Å². The molecule has 56 heavy (non-hydrogen) atoms. The summed E-state index contributed by atoms with van der Waals surface area (Å²) in [4.78, 5) is 17.3. The summed E-state index contributed by atoms with van der Waals surface area (Å²) < 4.78 is 6.70. The van der Waals surface area contributed by atoms with E-state index in [1.807, 2.05) is 78.9 Å². The number of hydrogen-bond acceptors (Lipinski definition) is 5. The maximum atomic E-state index is 6.70. The highest BCUT2D eigenvalue weighted by atomic mass is 16.3. The van der Waals surface area contributed by atoms with Crippen LogP contribution < -0.4 is 4.90 Å². The van der Waals surface area contributed by atoms with Gasteiger partial charge in [-0.2, -0.15) is 0 Å². The molecular weight excluding hydrogens is 685 g/mol. The zero-order valence-corrected chi connectivity index (χ0v) is 30.3. The minimum atomic E-state index is 0.556.